The molecule has 0 radical (unpaired) electrons. The molecule has 2 aromatic heterocycles. The van der Waals surface area contributed by atoms with Crippen molar-refractivity contribution in [2.45, 2.75) is 25.8 Å². The van der Waals surface area contributed by atoms with E-state index in [9.17, 15) is 4.79 Å². The van der Waals surface area contributed by atoms with E-state index in [1.807, 2.05) is 40.9 Å². The summed E-state index contributed by atoms with van der Waals surface area (Å²) in [6.45, 7) is 3.40. The quantitative estimate of drug-likeness (QED) is 0.839. The standard InChI is InChI=1S/C15H18N4O/c1-12-5-2-7-14(17-12)15(20)18-9-3-6-13(11-18)19-10-4-8-16-19/h2,4-5,7-8,10,13H,3,6,9,11H2,1H3. The summed E-state index contributed by atoms with van der Waals surface area (Å²) < 4.78 is 1.95. The first-order valence-corrected chi connectivity index (χ1v) is 6.96. The monoisotopic (exact) mass is 270 g/mol. The number of aromatic nitrogens is 3. The molecule has 0 aliphatic carbocycles. The van der Waals surface area contributed by atoms with Crippen LogP contribution in [0.5, 0.6) is 0 Å². The highest BCUT2D eigenvalue weighted by Crippen LogP contribution is 2.21. The van der Waals surface area contributed by atoms with Crippen molar-refractivity contribution < 1.29 is 4.79 Å². The van der Waals surface area contributed by atoms with Gasteiger partial charge in [-0.2, -0.15) is 5.10 Å². The highest BCUT2D eigenvalue weighted by molar-refractivity contribution is 5.92. The minimum atomic E-state index is 0.0190. The molecule has 1 aliphatic rings. The molecule has 1 fully saturated rings. The lowest BCUT2D eigenvalue weighted by Crippen LogP contribution is -2.41. The smallest absolute Gasteiger partial charge is 0.272 e. The van der Waals surface area contributed by atoms with Gasteiger partial charge in [-0.25, -0.2) is 4.98 Å². The number of rotatable bonds is 2. The third-order valence-electron chi connectivity index (χ3n) is 3.69. The fraction of sp³-hybridized carbons (Fsp3) is 0.400. The molecule has 5 heteroatoms. The molecular formula is C15H18N4O. The highest BCUT2D eigenvalue weighted by Gasteiger charge is 2.26. The number of nitrogens with zero attached hydrogens (tertiary/aromatic N) is 4. The zero-order valence-electron chi connectivity index (χ0n) is 11.6. The fourth-order valence-corrected chi connectivity index (χ4v) is 2.68. The van der Waals surface area contributed by atoms with E-state index in [0.717, 1.165) is 25.1 Å². The van der Waals surface area contributed by atoms with Crippen LogP contribution in [0.25, 0.3) is 0 Å². The number of piperidine rings is 1. The highest BCUT2D eigenvalue weighted by atomic mass is 16.2. The Kier molecular flexibility index (Phi) is 3.50. The Morgan fingerprint density at radius 1 is 1.35 bits per heavy atom. The number of aryl methyl sites for hydroxylation is 1. The van der Waals surface area contributed by atoms with Crippen molar-refractivity contribution in [3.63, 3.8) is 0 Å². The van der Waals surface area contributed by atoms with Crippen LogP contribution in [0, 0.1) is 6.92 Å². The molecule has 1 saturated heterocycles. The van der Waals surface area contributed by atoms with E-state index in [1.165, 1.54) is 0 Å². The summed E-state index contributed by atoms with van der Waals surface area (Å²) in [7, 11) is 0. The summed E-state index contributed by atoms with van der Waals surface area (Å²) in [5.41, 5.74) is 1.41. The summed E-state index contributed by atoms with van der Waals surface area (Å²) in [6, 6.07) is 7.76. The van der Waals surface area contributed by atoms with E-state index in [-0.39, 0.29) is 11.9 Å². The van der Waals surface area contributed by atoms with E-state index >= 15 is 0 Å². The topological polar surface area (TPSA) is 51.0 Å². The van der Waals surface area contributed by atoms with Crippen molar-refractivity contribution in [3.8, 4) is 0 Å². The number of hydrogen-bond donors (Lipinski definition) is 0. The van der Waals surface area contributed by atoms with E-state index in [1.54, 1.807) is 12.3 Å². The van der Waals surface area contributed by atoms with Crippen molar-refractivity contribution in [3.05, 3.63) is 48.0 Å². The van der Waals surface area contributed by atoms with Gasteiger partial charge in [-0.15, -0.1) is 0 Å². The van der Waals surface area contributed by atoms with Gasteiger partial charge in [-0.05, 0) is 38.0 Å². The molecule has 0 spiro atoms. The average Bonchev–Trinajstić information content (AvgIpc) is 3.01. The summed E-state index contributed by atoms with van der Waals surface area (Å²) in [5.74, 6) is 0.0190. The predicted octanol–water partition coefficient (Wildman–Crippen LogP) is 2.06. The Morgan fingerprint density at radius 3 is 3.00 bits per heavy atom. The van der Waals surface area contributed by atoms with E-state index in [0.29, 0.717) is 12.2 Å². The molecule has 1 atom stereocenters. The van der Waals surface area contributed by atoms with Crippen molar-refractivity contribution in [1.29, 1.82) is 0 Å². The average molecular weight is 270 g/mol. The molecule has 0 N–H and O–H groups in total. The lowest BCUT2D eigenvalue weighted by molar-refractivity contribution is 0.0667. The number of pyridine rings is 1. The van der Waals surface area contributed by atoms with Gasteiger partial charge in [0.05, 0.1) is 6.04 Å². The maximum Gasteiger partial charge on any atom is 0.272 e. The maximum absolute atomic E-state index is 12.5. The molecule has 104 valence electrons. The van der Waals surface area contributed by atoms with E-state index < -0.39 is 0 Å². The molecule has 0 aromatic carbocycles. The number of likely N-dealkylation sites (tertiary alicyclic amines) is 1. The molecule has 3 rings (SSSR count). The zero-order chi connectivity index (χ0) is 13.9. The van der Waals surface area contributed by atoms with Crippen molar-refractivity contribution in [2.24, 2.45) is 0 Å². The second-order valence-corrected chi connectivity index (χ2v) is 5.20. The Hall–Kier alpha value is -2.17. The van der Waals surface area contributed by atoms with Gasteiger partial charge < -0.3 is 4.90 Å². The van der Waals surface area contributed by atoms with E-state index in [2.05, 4.69) is 10.1 Å². The number of carbonyl (C=O) groups is 1. The van der Waals surface area contributed by atoms with Gasteiger partial charge in [-0.1, -0.05) is 6.07 Å². The molecule has 3 heterocycles. The van der Waals surface area contributed by atoms with Crippen molar-refractivity contribution in [2.75, 3.05) is 13.1 Å². The zero-order valence-corrected chi connectivity index (χ0v) is 11.6. The minimum absolute atomic E-state index is 0.0190. The van der Waals surface area contributed by atoms with Gasteiger partial charge in [-0.3, -0.25) is 9.48 Å². The second-order valence-electron chi connectivity index (χ2n) is 5.20. The molecule has 1 aliphatic heterocycles. The molecule has 1 unspecified atom stereocenters. The maximum atomic E-state index is 12.5. The van der Waals surface area contributed by atoms with Crippen LogP contribution in [0.2, 0.25) is 0 Å². The third kappa shape index (κ3) is 2.57. The van der Waals surface area contributed by atoms with Gasteiger partial charge in [0.2, 0.25) is 0 Å². The molecule has 2 aromatic rings. The third-order valence-corrected chi connectivity index (χ3v) is 3.69. The lowest BCUT2D eigenvalue weighted by atomic mass is 10.1. The van der Waals surface area contributed by atoms with Crippen molar-refractivity contribution in [1.82, 2.24) is 19.7 Å². The normalized spacial score (nSPS) is 19.1. The summed E-state index contributed by atoms with van der Waals surface area (Å²) >= 11 is 0. The second kappa shape index (κ2) is 5.45. The Morgan fingerprint density at radius 2 is 2.25 bits per heavy atom. The molecule has 1 amide bonds. The van der Waals surface area contributed by atoms with Crippen LogP contribution < -0.4 is 0 Å². The Bertz CT molecular complexity index is 594. The first-order valence-electron chi connectivity index (χ1n) is 6.96. The van der Waals surface area contributed by atoms with Gasteiger partial charge >= 0.3 is 0 Å². The van der Waals surface area contributed by atoms with Crippen LogP contribution >= 0.6 is 0 Å². The summed E-state index contributed by atoms with van der Waals surface area (Å²) in [6.07, 6.45) is 5.81. The molecular weight excluding hydrogens is 252 g/mol. The van der Waals surface area contributed by atoms with Gasteiger partial charge in [0.15, 0.2) is 0 Å². The molecule has 0 bridgehead atoms. The first-order chi connectivity index (χ1) is 9.74. The largest absolute Gasteiger partial charge is 0.335 e. The number of amides is 1. The van der Waals surface area contributed by atoms with Crippen LogP contribution in [-0.2, 0) is 0 Å². The SMILES string of the molecule is Cc1cccc(C(=O)N2CCCC(n3cccn3)C2)n1. The summed E-state index contributed by atoms with van der Waals surface area (Å²) in [5, 5.41) is 4.28. The Labute approximate surface area is 118 Å². The van der Waals surface area contributed by atoms with Crippen molar-refractivity contribution >= 4 is 5.91 Å². The van der Waals surface area contributed by atoms with Crippen LogP contribution in [0.3, 0.4) is 0 Å². The van der Waals surface area contributed by atoms with Gasteiger partial charge in [0.1, 0.15) is 5.69 Å². The minimum Gasteiger partial charge on any atom is -0.335 e. The first kappa shape index (κ1) is 12.8. The van der Waals surface area contributed by atoms with Gasteiger partial charge in [0, 0.05) is 31.2 Å². The van der Waals surface area contributed by atoms with E-state index in [4.69, 9.17) is 0 Å². The molecule has 20 heavy (non-hydrogen) atoms. The van der Waals surface area contributed by atoms with Gasteiger partial charge in [0.25, 0.3) is 5.91 Å². The predicted molar refractivity (Wildman–Crippen MR) is 75.4 cm³/mol. The summed E-state index contributed by atoms with van der Waals surface area (Å²) in [4.78, 5) is 18.7. The van der Waals surface area contributed by atoms with Crippen LogP contribution in [0.15, 0.2) is 36.7 Å². The molecule has 5 nitrogen and oxygen atoms in total. The lowest BCUT2D eigenvalue weighted by Gasteiger charge is -2.32. The van der Waals surface area contributed by atoms with Crippen LogP contribution in [-0.4, -0.2) is 38.7 Å². The Balaban J connectivity index is 1.75. The number of hydrogen-bond acceptors (Lipinski definition) is 3. The van der Waals surface area contributed by atoms with Crippen LogP contribution in [0.4, 0.5) is 0 Å². The number of carbonyl (C=O) groups excluding carboxylic acids is 1. The molecule has 0 saturated carbocycles. The van der Waals surface area contributed by atoms with Crippen LogP contribution in [0.1, 0.15) is 35.1 Å². The fourth-order valence-electron chi connectivity index (χ4n) is 2.68.